The fraction of sp³-hybridized carbons (Fsp3) is 0.133. The zero-order chi connectivity index (χ0) is 14.5. The van der Waals surface area contributed by atoms with Gasteiger partial charge in [-0.05, 0) is 29.8 Å². The van der Waals surface area contributed by atoms with Crippen molar-refractivity contribution < 1.29 is 9.18 Å². The van der Waals surface area contributed by atoms with Crippen molar-refractivity contribution in [3.8, 4) is 0 Å². The van der Waals surface area contributed by atoms with Crippen molar-refractivity contribution in [2.75, 3.05) is 10.6 Å². The van der Waals surface area contributed by atoms with Gasteiger partial charge in [0.2, 0.25) is 5.91 Å². The van der Waals surface area contributed by atoms with Gasteiger partial charge in [0.05, 0.1) is 10.7 Å². The summed E-state index contributed by atoms with van der Waals surface area (Å²) in [6.45, 7) is 1.90. The quantitative estimate of drug-likeness (QED) is 0.892. The summed E-state index contributed by atoms with van der Waals surface area (Å²) in [5, 5.41) is 5.99. The number of rotatable bonds is 4. The lowest BCUT2D eigenvalue weighted by Gasteiger charge is -2.10. The van der Waals surface area contributed by atoms with Gasteiger partial charge >= 0.3 is 0 Å². The summed E-state index contributed by atoms with van der Waals surface area (Å²) < 4.78 is 13.6. The van der Waals surface area contributed by atoms with Gasteiger partial charge in [0, 0.05) is 19.2 Å². The molecule has 20 heavy (non-hydrogen) atoms. The highest BCUT2D eigenvalue weighted by Gasteiger charge is 2.06. The maximum Gasteiger partial charge on any atom is 0.221 e. The Balaban J connectivity index is 2.02. The van der Waals surface area contributed by atoms with Crippen LogP contribution in [0.1, 0.15) is 12.5 Å². The first kappa shape index (κ1) is 14.3. The third-order valence-corrected chi connectivity index (χ3v) is 3.02. The average Bonchev–Trinajstić information content (AvgIpc) is 2.39. The lowest BCUT2D eigenvalue weighted by atomic mass is 10.2. The highest BCUT2D eigenvalue weighted by Crippen LogP contribution is 2.25. The second-order valence-electron chi connectivity index (χ2n) is 4.33. The van der Waals surface area contributed by atoms with Gasteiger partial charge in [0.25, 0.3) is 0 Å². The molecule has 0 unspecified atom stereocenters. The molecule has 0 spiro atoms. The second kappa shape index (κ2) is 6.39. The van der Waals surface area contributed by atoms with E-state index in [1.807, 2.05) is 12.1 Å². The molecule has 0 aliphatic rings. The van der Waals surface area contributed by atoms with Gasteiger partial charge in [-0.1, -0.05) is 29.8 Å². The summed E-state index contributed by atoms with van der Waals surface area (Å²) in [6.07, 6.45) is 0. The molecule has 104 valence electrons. The Morgan fingerprint density at radius 2 is 1.90 bits per heavy atom. The van der Waals surface area contributed by atoms with Crippen molar-refractivity contribution in [3.05, 3.63) is 58.9 Å². The van der Waals surface area contributed by atoms with Gasteiger partial charge in [-0.15, -0.1) is 0 Å². The molecule has 0 atom stereocenters. The zero-order valence-corrected chi connectivity index (χ0v) is 11.7. The number of amides is 1. The van der Waals surface area contributed by atoms with Crippen molar-refractivity contribution in [1.29, 1.82) is 0 Å². The molecule has 0 radical (unpaired) electrons. The topological polar surface area (TPSA) is 41.1 Å². The fourth-order valence-corrected chi connectivity index (χ4v) is 2.00. The third-order valence-electron chi connectivity index (χ3n) is 2.71. The smallest absolute Gasteiger partial charge is 0.221 e. The van der Waals surface area contributed by atoms with E-state index in [9.17, 15) is 9.18 Å². The number of nitrogens with one attached hydrogen (secondary N) is 2. The van der Waals surface area contributed by atoms with Crippen LogP contribution in [0.3, 0.4) is 0 Å². The molecule has 0 saturated heterocycles. The lowest BCUT2D eigenvalue weighted by molar-refractivity contribution is -0.114. The van der Waals surface area contributed by atoms with E-state index in [1.54, 1.807) is 24.3 Å². The first-order valence-electron chi connectivity index (χ1n) is 6.10. The SMILES string of the molecule is CC(=O)Nc1ccc(CNc2c(F)cccc2Cl)cc1. The van der Waals surface area contributed by atoms with Crippen LogP contribution in [0.25, 0.3) is 0 Å². The Labute approximate surface area is 121 Å². The summed E-state index contributed by atoms with van der Waals surface area (Å²) in [5.41, 5.74) is 1.98. The fourth-order valence-electron chi connectivity index (χ4n) is 1.77. The van der Waals surface area contributed by atoms with Crippen LogP contribution in [-0.2, 0) is 11.3 Å². The molecular formula is C15H14ClFN2O. The number of hydrogen-bond donors (Lipinski definition) is 2. The molecule has 5 heteroatoms. The number of benzene rings is 2. The Morgan fingerprint density at radius 1 is 1.20 bits per heavy atom. The minimum atomic E-state index is -0.382. The van der Waals surface area contributed by atoms with E-state index in [2.05, 4.69) is 10.6 Å². The summed E-state index contributed by atoms with van der Waals surface area (Å²) in [4.78, 5) is 10.9. The number of carbonyl (C=O) groups excluding carboxylic acids is 1. The van der Waals surface area contributed by atoms with E-state index in [0.717, 1.165) is 11.3 Å². The van der Waals surface area contributed by atoms with Crippen LogP contribution in [-0.4, -0.2) is 5.91 Å². The zero-order valence-electron chi connectivity index (χ0n) is 10.9. The van der Waals surface area contributed by atoms with Crippen molar-refractivity contribution in [2.24, 2.45) is 0 Å². The predicted octanol–water partition coefficient (Wildman–Crippen LogP) is 4.05. The first-order valence-corrected chi connectivity index (χ1v) is 6.48. The Hall–Kier alpha value is -2.07. The van der Waals surface area contributed by atoms with E-state index in [-0.39, 0.29) is 11.7 Å². The molecule has 1 amide bonds. The van der Waals surface area contributed by atoms with Crippen molar-refractivity contribution in [1.82, 2.24) is 0 Å². The Morgan fingerprint density at radius 3 is 2.50 bits per heavy atom. The third kappa shape index (κ3) is 3.71. The molecule has 3 nitrogen and oxygen atoms in total. The molecule has 0 fully saturated rings. The van der Waals surface area contributed by atoms with Crippen LogP contribution >= 0.6 is 11.6 Å². The maximum atomic E-state index is 13.6. The van der Waals surface area contributed by atoms with Crippen LogP contribution in [0.15, 0.2) is 42.5 Å². The number of carbonyl (C=O) groups is 1. The molecule has 0 saturated carbocycles. The molecule has 0 bridgehead atoms. The lowest BCUT2D eigenvalue weighted by Crippen LogP contribution is -2.06. The molecule has 0 heterocycles. The number of para-hydroxylation sites is 1. The van der Waals surface area contributed by atoms with Gasteiger partial charge in [0.15, 0.2) is 0 Å². The predicted molar refractivity (Wildman–Crippen MR) is 79.5 cm³/mol. The molecule has 2 aromatic carbocycles. The number of hydrogen-bond acceptors (Lipinski definition) is 2. The van der Waals surface area contributed by atoms with Crippen LogP contribution in [0.5, 0.6) is 0 Å². The van der Waals surface area contributed by atoms with Gasteiger partial charge in [0.1, 0.15) is 5.82 Å². The molecule has 2 aromatic rings. The second-order valence-corrected chi connectivity index (χ2v) is 4.74. The Kier molecular flexibility index (Phi) is 4.58. The van der Waals surface area contributed by atoms with Crippen molar-refractivity contribution in [3.63, 3.8) is 0 Å². The van der Waals surface area contributed by atoms with E-state index in [4.69, 9.17) is 11.6 Å². The Bertz CT molecular complexity index is 594. The normalized spacial score (nSPS) is 10.2. The van der Waals surface area contributed by atoms with Gasteiger partial charge in [-0.25, -0.2) is 4.39 Å². The largest absolute Gasteiger partial charge is 0.377 e. The molecule has 0 aromatic heterocycles. The summed E-state index contributed by atoms with van der Waals surface area (Å²) in [5.74, 6) is -0.499. The first-order chi connectivity index (χ1) is 9.56. The highest BCUT2D eigenvalue weighted by molar-refractivity contribution is 6.33. The van der Waals surface area contributed by atoms with E-state index in [1.165, 1.54) is 13.0 Å². The molecule has 0 aliphatic heterocycles. The molecular weight excluding hydrogens is 279 g/mol. The van der Waals surface area contributed by atoms with E-state index < -0.39 is 0 Å². The summed E-state index contributed by atoms with van der Waals surface area (Å²) in [6, 6.07) is 11.8. The van der Waals surface area contributed by atoms with Crippen LogP contribution in [0, 0.1) is 5.82 Å². The van der Waals surface area contributed by atoms with Crippen LogP contribution < -0.4 is 10.6 Å². The van der Waals surface area contributed by atoms with Crippen LogP contribution in [0.2, 0.25) is 5.02 Å². The van der Waals surface area contributed by atoms with Crippen LogP contribution in [0.4, 0.5) is 15.8 Å². The van der Waals surface area contributed by atoms with Crippen molar-refractivity contribution in [2.45, 2.75) is 13.5 Å². The molecule has 0 aliphatic carbocycles. The highest BCUT2D eigenvalue weighted by atomic mass is 35.5. The summed E-state index contributed by atoms with van der Waals surface area (Å²) >= 11 is 5.93. The maximum absolute atomic E-state index is 13.6. The van der Waals surface area contributed by atoms with Gasteiger partial charge in [-0.3, -0.25) is 4.79 Å². The number of anilines is 2. The van der Waals surface area contributed by atoms with Gasteiger partial charge < -0.3 is 10.6 Å². The average molecular weight is 293 g/mol. The monoisotopic (exact) mass is 292 g/mol. The van der Waals surface area contributed by atoms with E-state index >= 15 is 0 Å². The molecule has 2 N–H and O–H groups in total. The minimum Gasteiger partial charge on any atom is -0.377 e. The minimum absolute atomic E-state index is 0.117. The molecule has 2 rings (SSSR count). The van der Waals surface area contributed by atoms with Gasteiger partial charge in [-0.2, -0.15) is 0 Å². The van der Waals surface area contributed by atoms with Crippen molar-refractivity contribution >= 4 is 28.9 Å². The number of halogens is 2. The standard InChI is InChI=1S/C15H14ClFN2O/c1-10(20)19-12-7-5-11(6-8-12)9-18-15-13(16)3-2-4-14(15)17/h2-8,18H,9H2,1H3,(H,19,20). The summed E-state index contributed by atoms with van der Waals surface area (Å²) in [7, 11) is 0. The van der Waals surface area contributed by atoms with E-state index in [0.29, 0.717) is 17.3 Å².